The minimum atomic E-state index is -0.186. The van der Waals surface area contributed by atoms with E-state index in [1.807, 2.05) is 11.3 Å². The summed E-state index contributed by atoms with van der Waals surface area (Å²) in [4.78, 5) is 4.66. The highest BCUT2D eigenvalue weighted by Gasteiger charge is 2.24. The van der Waals surface area contributed by atoms with E-state index in [0.717, 1.165) is 34.1 Å². The van der Waals surface area contributed by atoms with Gasteiger partial charge in [-0.2, -0.15) is 0 Å². The first-order valence-corrected chi connectivity index (χ1v) is 17.3. The zero-order valence-electron chi connectivity index (χ0n) is 27.1. The van der Waals surface area contributed by atoms with Crippen molar-refractivity contribution in [1.82, 2.24) is 0 Å². The van der Waals surface area contributed by atoms with E-state index in [4.69, 9.17) is 0 Å². The molecule has 0 atom stereocenters. The summed E-state index contributed by atoms with van der Waals surface area (Å²) < 4.78 is 2.62. The highest BCUT2D eigenvalue weighted by molar-refractivity contribution is 7.25. The molecule has 0 amide bonds. The van der Waals surface area contributed by atoms with Crippen LogP contribution in [0.5, 0.6) is 0 Å². The van der Waals surface area contributed by atoms with Crippen LogP contribution in [0.1, 0.15) is 25.0 Å². The number of benzene rings is 7. The van der Waals surface area contributed by atoms with Crippen molar-refractivity contribution in [3.8, 4) is 0 Å². The van der Waals surface area contributed by atoms with Gasteiger partial charge in [0.25, 0.3) is 0 Å². The summed E-state index contributed by atoms with van der Waals surface area (Å²) in [5.74, 6) is 0. The van der Waals surface area contributed by atoms with Gasteiger partial charge in [-0.1, -0.05) is 117 Å². The minimum absolute atomic E-state index is 0.186. The van der Waals surface area contributed by atoms with Crippen LogP contribution in [0.25, 0.3) is 20.2 Å². The lowest BCUT2D eigenvalue weighted by molar-refractivity contribution is 0.641. The Balaban J connectivity index is 1.12. The molecule has 1 heterocycles. The zero-order chi connectivity index (χ0) is 32.5. The molecule has 0 saturated heterocycles. The van der Waals surface area contributed by atoms with Crippen LogP contribution < -0.4 is 9.80 Å². The summed E-state index contributed by atoms with van der Waals surface area (Å²) in [6.07, 6.45) is 0. The van der Waals surface area contributed by atoms with Gasteiger partial charge in [-0.15, -0.1) is 11.3 Å². The van der Waals surface area contributed by atoms with E-state index in [-0.39, 0.29) is 5.41 Å². The van der Waals surface area contributed by atoms with Gasteiger partial charge in [0.2, 0.25) is 0 Å². The molecule has 0 fully saturated rings. The highest BCUT2D eigenvalue weighted by Crippen LogP contribution is 2.42. The van der Waals surface area contributed by atoms with Crippen LogP contribution in [0.2, 0.25) is 0 Å². The average Bonchev–Trinajstić information content (AvgIpc) is 3.52. The number of rotatable bonds is 8. The van der Waals surface area contributed by atoms with Crippen LogP contribution in [-0.2, 0) is 5.41 Å². The van der Waals surface area contributed by atoms with Crippen molar-refractivity contribution in [2.75, 3.05) is 9.80 Å². The van der Waals surface area contributed by atoms with Gasteiger partial charge in [0, 0.05) is 59.7 Å². The van der Waals surface area contributed by atoms with Gasteiger partial charge in [0.15, 0.2) is 0 Å². The molecular formula is C45H36N2S. The topological polar surface area (TPSA) is 6.48 Å². The van der Waals surface area contributed by atoms with Gasteiger partial charge in [-0.3, -0.25) is 0 Å². The molecule has 0 aliphatic heterocycles. The summed E-state index contributed by atoms with van der Waals surface area (Å²) in [7, 11) is 0. The Hall–Kier alpha value is -5.64. The van der Waals surface area contributed by atoms with Crippen molar-refractivity contribution in [3.63, 3.8) is 0 Å². The maximum atomic E-state index is 2.36. The zero-order valence-corrected chi connectivity index (χ0v) is 27.9. The van der Waals surface area contributed by atoms with Crippen LogP contribution >= 0.6 is 11.3 Å². The van der Waals surface area contributed by atoms with E-state index < -0.39 is 0 Å². The maximum Gasteiger partial charge on any atom is 0.0476 e. The summed E-state index contributed by atoms with van der Waals surface area (Å²) >= 11 is 1.86. The van der Waals surface area contributed by atoms with Gasteiger partial charge in [0.05, 0.1) is 0 Å². The summed E-state index contributed by atoms with van der Waals surface area (Å²) in [6.45, 7) is 4.63. The number of fused-ring (bicyclic) bond motifs is 3. The van der Waals surface area contributed by atoms with Crippen molar-refractivity contribution >= 4 is 65.6 Å². The number of para-hydroxylation sites is 3. The third kappa shape index (κ3) is 5.53. The van der Waals surface area contributed by atoms with E-state index in [2.05, 4.69) is 206 Å². The quantitative estimate of drug-likeness (QED) is 0.164. The predicted octanol–water partition coefficient (Wildman–Crippen LogP) is 13.3. The molecule has 48 heavy (non-hydrogen) atoms. The molecule has 0 unspecified atom stereocenters. The molecule has 3 heteroatoms. The molecule has 0 bridgehead atoms. The average molecular weight is 637 g/mol. The van der Waals surface area contributed by atoms with Gasteiger partial charge >= 0.3 is 0 Å². The van der Waals surface area contributed by atoms with Crippen LogP contribution in [0.15, 0.2) is 182 Å². The van der Waals surface area contributed by atoms with Crippen LogP contribution in [0.3, 0.4) is 0 Å². The Kier molecular flexibility index (Phi) is 7.76. The second kappa shape index (κ2) is 12.5. The first-order valence-electron chi connectivity index (χ1n) is 16.4. The molecule has 1 aromatic heterocycles. The Bertz CT molecular complexity index is 2250. The molecule has 7 aromatic carbocycles. The largest absolute Gasteiger partial charge is 0.311 e. The predicted molar refractivity (Wildman–Crippen MR) is 207 cm³/mol. The number of anilines is 6. The molecule has 0 saturated carbocycles. The van der Waals surface area contributed by atoms with Crippen molar-refractivity contribution < 1.29 is 0 Å². The fraction of sp³-hybridized carbons (Fsp3) is 0.0667. The summed E-state index contributed by atoms with van der Waals surface area (Å²) in [5, 5.41) is 2.63. The number of hydrogen-bond donors (Lipinski definition) is 0. The molecule has 2 nitrogen and oxygen atoms in total. The normalized spacial score (nSPS) is 11.5. The van der Waals surface area contributed by atoms with E-state index in [1.54, 1.807) is 0 Å². The lowest BCUT2D eigenvalue weighted by Gasteiger charge is -2.30. The monoisotopic (exact) mass is 636 g/mol. The first kappa shape index (κ1) is 29.7. The SMILES string of the molecule is CC(C)(c1ccc(N(c2ccccc2)c2ccccc2)cc1)c1ccc(N(c2ccccc2)c2ccc3c(c2)sc2ccccc23)cc1. The van der Waals surface area contributed by atoms with Crippen LogP contribution in [-0.4, -0.2) is 0 Å². The molecule has 0 aliphatic rings. The number of thiophene rings is 1. The van der Waals surface area contributed by atoms with E-state index >= 15 is 0 Å². The second-order valence-electron chi connectivity index (χ2n) is 12.7. The molecule has 8 rings (SSSR count). The van der Waals surface area contributed by atoms with E-state index in [9.17, 15) is 0 Å². The molecule has 8 aromatic rings. The standard InChI is InChI=1S/C45H36N2S/c1-45(2,33-22-26-38(27-23-33)46(35-14-6-3-7-15-35)36-16-8-4-9-17-36)34-24-28-39(29-25-34)47(37-18-10-5-11-19-37)40-30-31-42-41-20-12-13-21-43(41)48-44(42)32-40/h3-32H,1-2H3. The second-order valence-corrected chi connectivity index (χ2v) is 13.8. The van der Waals surface area contributed by atoms with Gasteiger partial charge in [0.1, 0.15) is 0 Å². The maximum absolute atomic E-state index is 2.36. The van der Waals surface area contributed by atoms with Crippen molar-refractivity contribution in [2.24, 2.45) is 0 Å². The molecule has 0 aliphatic carbocycles. The van der Waals surface area contributed by atoms with Crippen LogP contribution in [0, 0.1) is 0 Å². The molecule has 232 valence electrons. The Morgan fingerprint density at radius 1 is 0.354 bits per heavy atom. The first-order chi connectivity index (χ1) is 23.6. The smallest absolute Gasteiger partial charge is 0.0476 e. The number of hydrogen-bond acceptors (Lipinski definition) is 3. The molecule has 0 spiro atoms. The Morgan fingerprint density at radius 2 is 0.729 bits per heavy atom. The third-order valence-electron chi connectivity index (χ3n) is 9.36. The van der Waals surface area contributed by atoms with E-state index in [1.165, 1.54) is 31.3 Å². The van der Waals surface area contributed by atoms with Gasteiger partial charge in [-0.25, -0.2) is 0 Å². The Morgan fingerprint density at radius 3 is 1.23 bits per heavy atom. The lowest BCUT2D eigenvalue weighted by atomic mass is 9.78. The molecule has 0 N–H and O–H groups in total. The highest BCUT2D eigenvalue weighted by atomic mass is 32.1. The number of nitrogens with zero attached hydrogens (tertiary/aromatic N) is 2. The Labute approximate surface area is 286 Å². The molecule has 0 radical (unpaired) electrons. The van der Waals surface area contributed by atoms with Crippen molar-refractivity contribution in [3.05, 3.63) is 193 Å². The third-order valence-corrected chi connectivity index (χ3v) is 10.5. The van der Waals surface area contributed by atoms with Crippen molar-refractivity contribution in [1.29, 1.82) is 0 Å². The fourth-order valence-electron chi connectivity index (χ4n) is 6.70. The fourth-order valence-corrected chi connectivity index (χ4v) is 7.84. The lowest BCUT2D eigenvalue weighted by Crippen LogP contribution is -2.19. The van der Waals surface area contributed by atoms with Gasteiger partial charge < -0.3 is 9.80 Å². The van der Waals surface area contributed by atoms with E-state index in [0.29, 0.717) is 0 Å². The van der Waals surface area contributed by atoms with Crippen LogP contribution in [0.4, 0.5) is 34.1 Å². The molecular weight excluding hydrogens is 601 g/mol. The minimum Gasteiger partial charge on any atom is -0.311 e. The summed E-state index contributed by atoms with van der Waals surface area (Å²) in [5.41, 5.74) is 9.21. The van der Waals surface area contributed by atoms with Crippen molar-refractivity contribution in [2.45, 2.75) is 19.3 Å². The summed E-state index contributed by atoms with van der Waals surface area (Å²) in [6, 6.07) is 65.5. The van der Waals surface area contributed by atoms with Gasteiger partial charge in [-0.05, 0) is 90.0 Å².